The molecule has 0 saturated heterocycles. The molecule has 3 nitrogen and oxygen atoms in total. The summed E-state index contributed by atoms with van der Waals surface area (Å²) in [6, 6.07) is 10.5. The highest BCUT2D eigenvalue weighted by atomic mass is 15.1. The minimum Gasteiger partial charge on any atom is -0.355 e. The standard InChI is InChI=1S/C12H15N3/c1-10(11-5-3-2-4-6-11)9-15-12-13-7-8-14-12/h2-8,10H,9H2,1H3,(H2,13,14,15). The predicted octanol–water partition coefficient (Wildman–Crippen LogP) is 2.63. The molecule has 15 heavy (non-hydrogen) atoms. The molecule has 1 unspecified atom stereocenters. The van der Waals surface area contributed by atoms with Crippen molar-refractivity contribution in [3.63, 3.8) is 0 Å². The highest BCUT2D eigenvalue weighted by molar-refractivity contribution is 5.26. The van der Waals surface area contributed by atoms with E-state index in [1.807, 2.05) is 12.3 Å². The lowest BCUT2D eigenvalue weighted by atomic mass is 10.0. The molecule has 0 saturated carbocycles. The van der Waals surface area contributed by atoms with Crippen LogP contribution in [0.4, 0.5) is 5.95 Å². The molecule has 1 aromatic heterocycles. The van der Waals surface area contributed by atoms with Crippen LogP contribution >= 0.6 is 0 Å². The van der Waals surface area contributed by atoms with Crippen LogP contribution in [0.1, 0.15) is 18.4 Å². The molecule has 3 heteroatoms. The molecule has 0 aliphatic rings. The third-order valence-corrected chi connectivity index (χ3v) is 2.44. The first-order valence-electron chi connectivity index (χ1n) is 5.14. The molecule has 2 rings (SSSR count). The van der Waals surface area contributed by atoms with Gasteiger partial charge in [-0.2, -0.15) is 0 Å². The van der Waals surface area contributed by atoms with E-state index in [-0.39, 0.29) is 0 Å². The molecule has 1 heterocycles. The highest BCUT2D eigenvalue weighted by Gasteiger charge is 2.04. The molecule has 2 N–H and O–H groups in total. The van der Waals surface area contributed by atoms with Crippen molar-refractivity contribution in [2.45, 2.75) is 12.8 Å². The normalized spacial score (nSPS) is 12.3. The minimum absolute atomic E-state index is 0.483. The van der Waals surface area contributed by atoms with Crippen molar-refractivity contribution in [1.82, 2.24) is 9.97 Å². The SMILES string of the molecule is CC(CNc1ncc[nH]1)c1ccccc1. The third-order valence-electron chi connectivity index (χ3n) is 2.44. The second kappa shape index (κ2) is 4.64. The number of H-pyrrole nitrogens is 1. The van der Waals surface area contributed by atoms with E-state index in [0.717, 1.165) is 12.5 Å². The monoisotopic (exact) mass is 201 g/mol. The van der Waals surface area contributed by atoms with Crippen molar-refractivity contribution >= 4 is 5.95 Å². The Labute approximate surface area is 89.6 Å². The Morgan fingerprint density at radius 1 is 1.33 bits per heavy atom. The van der Waals surface area contributed by atoms with Crippen molar-refractivity contribution in [3.8, 4) is 0 Å². The van der Waals surface area contributed by atoms with Crippen molar-refractivity contribution in [3.05, 3.63) is 48.3 Å². The maximum atomic E-state index is 4.12. The van der Waals surface area contributed by atoms with Gasteiger partial charge in [0.2, 0.25) is 0 Å². The molecule has 0 amide bonds. The van der Waals surface area contributed by atoms with Crippen LogP contribution in [0.15, 0.2) is 42.7 Å². The fourth-order valence-corrected chi connectivity index (χ4v) is 1.51. The molecule has 0 aliphatic carbocycles. The van der Waals surface area contributed by atoms with Gasteiger partial charge in [0, 0.05) is 18.9 Å². The number of rotatable bonds is 4. The summed E-state index contributed by atoms with van der Waals surface area (Å²) in [4.78, 5) is 7.14. The number of benzene rings is 1. The van der Waals surface area contributed by atoms with Gasteiger partial charge in [-0.1, -0.05) is 37.3 Å². The van der Waals surface area contributed by atoms with Gasteiger partial charge >= 0.3 is 0 Å². The number of hydrogen-bond acceptors (Lipinski definition) is 2. The molecule has 0 fully saturated rings. The molecule has 0 bridgehead atoms. The van der Waals surface area contributed by atoms with E-state index in [1.54, 1.807) is 6.20 Å². The largest absolute Gasteiger partial charge is 0.355 e. The van der Waals surface area contributed by atoms with Gasteiger partial charge in [0.15, 0.2) is 5.95 Å². The van der Waals surface area contributed by atoms with Crippen LogP contribution in [0.2, 0.25) is 0 Å². The average molecular weight is 201 g/mol. The van der Waals surface area contributed by atoms with Gasteiger partial charge in [-0.15, -0.1) is 0 Å². The first-order valence-corrected chi connectivity index (χ1v) is 5.14. The molecular weight excluding hydrogens is 186 g/mol. The number of anilines is 1. The maximum absolute atomic E-state index is 4.12. The second-order valence-electron chi connectivity index (χ2n) is 3.63. The highest BCUT2D eigenvalue weighted by Crippen LogP contribution is 2.14. The quantitative estimate of drug-likeness (QED) is 0.798. The van der Waals surface area contributed by atoms with Crippen LogP contribution in [0.5, 0.6) is 0 Å². The summed E-state index contributed by atoms with van der Waals surface area (Å²) < 4.78 is 0. The summed E-state index contributed by atoms with van der Waals surface area (Å²) in [6.07, 6.45) is 3.56. The first-order chi connectivity index (χ1) is 7.36. The summed E-state index contributed by atoms with van der Waals surface area (Å²) in [5.74, 6) is 1.31. The smallest absolute Gasteiger partial charge is 0.200 e. The average Bonchev–Trinajstić information content (AvgIpc) is 2.80. The number of hydrogen-bond donors (Lipinski definition) is 2. The van der Waals surface area contributed by atoms with E-state index < -0.39 is 0 Å². The van der Waals surface area contributed by atoms with Crippen LogP contribution in [0.3, 0.4) is 0 Å². The third kappa shape index (κ3) is 2.59. The molecule has 0 aliphatic heterocycles. The van der Waals surface area contributed by atoms with E-state index in [1.165, 1.54) is 5.56 Å². The number of nitrogens with one attached hydrogen (secondary N) is 2. The summed E-state index contributed by atoms with van der Waals surface area (Å²) in [5.41, 5.74) is 1.34. The maximum Gasteiger partial charge on any atom is 0.200 e. The summed E-state index contributed by atoms with van der Waals surface area (Å²) in [5, 5.41) is 3.26. The van der Waals surface area contributed by atoms with Crippen molar-refractivity contribution in [2.24, 2.45) is 0 Å². The van der Waals surface area contributed by atoms with E-state index in [4.69, 9.17) is 0 Å². The van der Waals surface area contributed by atoms with Gasteiger partial charge in [0.1, 0.15) is 0 Å². The molecule has 0 spiro atoms. The number of aromatic nitrogens is 2. The lowest BCUT2D eigenvalue weighted by Gasteiger charge is -2.12. The molecule has 78 valence electrons. The van der Waals surface area contributed by atoms with E-state index in [0.29, 0.717) is 5.92 Å². The first kappa shape index (κ1) is 9.77. The summed E-state index contributed by atoms with van der Waals surface area (Å²) >= 11 is 0. The zero-order valence-corrected chi connectivity index (χ0v) is 8.77. The van der Waals surface area contributed by atoms with Gasteiger partial charge in [-0.25, -0.2) is 4.98 Å². The van der Waals surface area contributed by atoms with Crippen LogP contribution < -0.4 is 5.32 Å². The van der Waals surface area contributed by atoms with Crippen molar-refractivity contribution < 1.29 is 0 Å². The Morgan fingerprint density at radius 3 is 2.80 bits per heavy atom. The lowest BCUT2D eigenvalue weighted by Crippen LogP contribution is -2.10. The van der Waals surface area contributed by atoms with Gasteiger partial charge in [0.25, 0.3) is 0 Å². The Kier molecular flexibility index (Phi) is 3.02. The Bertz CT molecular complexity index is 381. The number of nitrogens with zero attached hydrogens (tertiary/aromatic N) is 1. The lowest BCUT2D eigenvalue weighted by molar-refractivity contribution is 0.799. The van der Waals surface area contributed by atoms with Crippen molar-refractivity contribution in [1.29, 1.82) is 0 Å². The van der Waals surface area contributed by atoms with Gasteiger partial charge in [-0.3, -0.25) is 0 Å². The number of aromatic amines is 1. The van der Waals surface area contributed by atoms with Crippen LogP contribution in [-0.2, 0) is 0 Å². The Hall–Kier alpha value is -1.77. The Morgan fingerprint density at radius 2 is 2.13 bits per heavy atom. The zero-order chi connectivity index (χ0) is 10.5. The van der Waals surface area contributed by atoms with E-state index >= 15 is 0 Å². The molecule has 2 aromatic rings. The fourth-order valence-electron chi connectivity index (χ4n) is 1.51. The Balaban J connectivity index is 1.90. The van der Waals surface area contributed by atoms with Crippen molar-refractivity contribution in [2.75, 3.05) is 11.9 Å². The summed E-state index contributed by atoms with van der Waals surface area (Å²) in [6.45, 7) is 3.09. The van der Waals surface area contributed by atoms with Crippen LogP contribution in [0, 0.1) is 0 Å². The van der Waals surface area contributed by atoms with E-state index in [9.17, 15) is 0 Å². The predicted molar refractivity (Wildman–Crippen MR) is 61.9 cm³/mol. The molecular formula is C12H15N3. The second-order valence-corrected chi connectivity index (χ2v) is 3.63. The van der Waals surface area contributed by atoms with E-state index in [2.05, 4.69) is 46.5 Å². The fraction of sp³-hybridized carbons (Fsp3) is 0.250. The molecule has 1 aromatic carbocycles. The molecule has 1 atom stereocenters. The molecule has 0 radical (unpaired) electrons. The van der Waals surface area contributed by atoms with Crippen LogP contribution in [-0.4, -0.2) is 16.5 Å². The van der Waals surface area contributed by atoms with Gasteiger partial charge in [-0.05, 0) is 11.5 Å². The summed E-state index contributed by atoms with van der Waals surface area (Å²) in [7, 11) is 0. The van der Waals surface area contributed by atoms with Gasteiger partial charge < -0.3 is 10.3 Å². The topological polar surface area (TPSA) is 40.7 Å². The minimum atomic E-state index is 0.483. The zero-order valence-electron chi connectivity index (χ0n) is 8.77. The van der Waals surface area contributed by atoms with Crippen LogP contribution in [0.25, 0.3) is 0 Å². The number of imidazole rings is 1. The van der Waals surface area contributed by atoms with Gasteiger partial charge in [0.05, 0.1) is 0 Å².